The SMILES string of the molecule is COc1nccnc1C(N)c1cnsn1. The van der Waals surface area contributed by atoms with E-state index in [1.54, 1.807) is 18.6 Å². The van der Waals surface area contributed by atoms with E-state index in [0.717, 1.165) is 11.7 Å². The Bertz CT molecular complexity index is 432. The Balaban J connectivity index is 2.37. The second-order valence-electron chi connectivity index (χ2n) is 2.76. The third kappa shape index (κ3) is 1.92. The maximum Gasteiger partial charge on any atom is 0.237 e. The first-order valence-electron chi connectivity index (χ1n) is 4.21. The highest BCUT2D eigenvalue weighted by molar-refractivity contribution is 6.99. The predicted molar refractivity (Wildman–Crippen MR) is 54.5 cm³/mol. The molecule has 0 aliphatic rings. The number of hydrogen-bond acceptors (Lipinski definition) is 7. The molecule has 6 nitrogen and oxygen atoms in total. The van der Waals surface area contributed by atoms with Gasteiger partial charge in [0.15, 0.2) is 0 Å². The Morgan fingerprint density at radius 2 is 2.20 bits per heavy atom. The minimum absolute atomic E-state index is 0.415. The Hall–Kier alpha value is -1.60. The van der Waals surface area contributed by atoms with Crippen LogP contribution in [-0.4, -0.2) is 25.8 Å². The van der Waals surface area contributed by atoms with Crippen molar-refractivity contribution >= 4 is 11.7 Å². The molecule has 0 spiro atoms. The van der Waals surface area contributed by atoms with Gasteiger partial charge in [-0.05, 0) is 0 Å². The van der Waals surface area contributed by atoms with Crippen LogP contribution < -0.4 is 10.5 Å². The van der Waals surface area contributed by atoms with Gasteiger partial charge in [0, 0.05) is 12.4 Å². The normalized spacial score (nSPS) is 12.4. The molecule has 0 aliphatic heterocycles. The van der Waals surface area contributed by atoms with Crippen molar-refractivity contribution in [3.8, 4) is 5.88 Å². The van der Waals surface area contributed by atoms with E-state index in [9.17, 15) is 0 Å². The lowest BCUT2D eigenvalue weighted by Gasteiger charge is -2.10. The van der Waals surface area contributed by atoms with Crippen molar-refractivity contribution in [2.75, 3.05) is 7.11 Å². The van der Waals surface area contributed by atoms with Crippen molar-refractivity contribution in [2.24, 2.45) is 5.73 Å². The summed E-state index contributed by atoms with van der Waals surface area (Å²) >= 11 is 1.11. The number of ether oxygens (including phenoxy) is 1. The molecule has 0 fully saturated rings. The zero-order valence-electron chi connectivity index (χ0n) is 7.99. The highest BCUT2D eigenvalue weighted by Crippen LogP contribution is 2.22. The molecule has 0 aromatic carbocycles. The van der Waals surface area contributed by atoms with Crippen LogP contribution in [0.4, 0.5) is 0 Å². The number of aromatic nitrogens is 4. The van der Waals surface area contributed by atoms with E-state index in [-0.39, 0.29) is 0 Å². The molecule has 7 heteroatoms. The smallest absolute Gasteiger partial charge is 0.237 e. The molecule has 0 saturated heterocycles. The summed E-state index contributed by atoms with van der Waals surface area (Å²) in [4.78, 5) is 8.15. The van der Waals surface area contributed by atoms with Crippen molar-refractivity contribution in [1.29, 1.82) is 0 Å². The monoisotopic (exact) mass is 223 g/mol. The predicted octanol–water partition coefficient (Wildman–Crippen LogP) is 0.385. The molecule has 2 aromatic heterocycles. The first-order valence-corrected chi connectivity index (χ1v) is 4.94. The molecule has 15 heavy (non-hydrogen) atoms. The molecule has 0 saturated carbocycles. The van der Waals surface area contributed by atoms with E-state index in [0.29, 0.717) is 17.3 Å². The van der Waals surface area contributed by atoms with Gasteiger partial charge in [-0.3, -0.25) is 4.98 Å². The molecular weight excluding hydrogens is 214 g/mol. The number of methoxy groups -OCH3 is 1. The molecule has 2 aromatic rings. The van der Waals surface area contributed by atoms with E-state index in [4.69, 9.17) is 10.5 Å². The van der Waals surface area contributed by atoms with Gasteiger partial charge in [0.05, 0.1) is 36.8 Å². The average molecular weight is 223 g/mol. The molecule has 1 unspecified atom stereocenters. The lowest BCUT2D eigenvalue weighted by Crippen LogP contribution is -2.15. The second-order valence-corrected chi connectivity index (χ2v) is 3.32. The third-order valence-corrected chi connectivity index (χ3v) is 2.37. The fourth-order valence-corrected chi connectivity index (χ4v) is 1.61. The first-order chi connectivity index (χ1) is 7.33. The summed E-state index contributed by atoms with van der Waals surface area (Å²) in [6.07, 6.45) is 4.73. The largest absolute Gasteiger partial charge is 0.480 e. The molecular formula is C8H9N5OS. The van der Waals surface area contributed by atoms with Crippen LogP contribution in [0.3, 0.4) is 0 Å². The minimum atomic E-state index is -0.451. The first kappa shape index (κ1) is 9.94. The molecule has 2 N–H and O–H groups in total. The summed E-state index contributed by atoms with van der Waals surface area (Å²) in [5, 5.41) is 0. The fraction of sp³-hybridized carbons (Fsp3) is 0.250. The van der Waals surface area contributed by atoms with E-state index >= 15 is 0 Å². The summed E-state index contributed by atoms with van der Waals surface area (Å²) in [5.41, 5.74) is 7.19. The molecule has 0 radical (unpaired) electrons. The van der Waals surface area contributed by atoms with Gasteiger partial charge in [-0.2, -0.15) is 8.75 Å². The molecule has 2 heterocycles. The summed E-state index contributed by atoms with van der Waals surface area (Å²) in [6.45, 7) is 0. The highest BCUT2D eigenvalue weighted by atomic mass is 32.1. The van der Waals surface area contributed by atoms with E-state index in [1.165, 1.54) is 7.11 Å². The van der Waals surface area contributed by atoms with Gasteiger partial charge in [0.2, 0.25) is 5.88 Å². The van der Waals surface area contributed by atoms with Gasteiger partial charge in [-0.25, -0.2) is 4.98 Å². The summed E-state index contributed by atoms with van der Waals surface area (Å²) in [6, 6.07) is -0.451. The van der Waals surface area contributed by atoms with Crippen molar-refractivity contribution in [1.82, 2.24) is 18.7 Å². The zero-order valence-corrected chi connectivity index (χ0v) is 8.81. The Kier molecular flexibility index (Phi) is 2.84. The fourth-order valence-electron chi connectivity index (χ4n) is 1.16. The second kappa shape index (κ2) is 4.28. The molecule has 1 atom stereocenters. The van der Waals surface area contributed by atoms with Crippen LogP contribution in [0.2, 0.25) is 0 Å². The van der Waals surface area contributed by atoms with Gasteiger partial charge in [-0.1, -0.05) is 0 Å². The average Bonchev–Trinajstić information content (AvgIpc) is 2.81. The van der Waals surface area contributed by atoms with Gasteiger partial charge in [0.1, 0.15) is 5.69 Å². The summed E-state index contributed by atoms with van der Waals surface area (Å²) in [5.74, 6) is 0.415. The maximum absolute atomic E-state index is 5.96. The number of nitrogens with two attached hydrogens (primary N) is 1. The third-order valence-electron chi connectivity index (χ3n) is 1.88. The van der Waals surface area contributed by atoms with Crippen molar-refractivity contribution in [3.63, 3.8) is 0 Å². The molecule has 0 aliphatic carbocycles. The summed E-state index contributed by atoms with van der Waals surface area (Å²) in [7, 11) is 1.53. The lowest BCUT2D eigenvalue weighted by atomic mass is 10.1. The molecule has 2 rings (SSSR count). The van der Waals surface area contributed by atoms with E-state index in [2.05, 4.69) is 18.7 Å². The molecule has 78 valence electrons. The van der Waals surface area contributed by atoms with Gasteiger partial charge >= 0.3 is 0 Å². The zero-order chi connectivity index (χ0) is 10.7. The van der Waals surface area contributed by atoms with Crippen molar-refractivity contribution in [3.05, 3.63) is 30.0 Å². The van der Waals surface area contributed by atoms with Crippen LogP contribution in [0, 0.1) is 0 Å². The van der Waals surface area contributed by atoms with E-state index < -0.39 is 6.04 Å². The minimum Gasteiger partial charge on any atom is -0.480 e. The van der Waals surface area contributed by atoms with Crippen LogP contribution in [0.5, 0.6) is 5.88 Å². The van der Waals surface area contributed by atoms with Gasteiger partial charge in [0.25, 0.3) is 0 Å². The van der Waals surface area contributed by atoms with Crippen LogP contribution in [0.15, 0.2) is 18.6 Å². The van der Waals surface area contributed by atoms with Gasteiger partial charge < -0.3 is 10.5 Å². The lowest BCUT2D eigenvalue weighted by molar-refractivity contribution is 0.386. The summed E-state index contributed by atoms with van der Waals surface area (Å²) < 4.78 is 13.0. The van der Waals surface area contributed by atoms with Crippen LogP contribution in [-0.2, 0) is 0 Å². The number of rotatable bonds is 3. The van der Waals surface area contributed by atoms with Crippen molar-refractivity contribution < 1.29 is 4.74 Å². The standard InChI is InChI=1S/C8H9N5OS/c1-14-8-7(10-2-3-11-8)6(9)5-4-12-15-13-5/h2-4,6H,9H2,1H3. The van der Waals surface area contributed by atoms with Crippen LogP contribution in [0.1, 0.15) is 17.4 Å². The topological polar surface area (TPSA) is 86.8 Å². The highest BCUT2D eigenvalue weighted by Gasteiger charge is 2.18. The van der Waals surface area contributed by atoms with E-state index in [1.807, 2.05) is 0 Å². The Morgan fingerprint density at radius 1 is 1.40 bits per heavy atom. The molecule has 0 amide bonds. The Morgan fingerprint density at radius 3 is 2.87 bits per heavy atom. The maximum atomic E-state index is 5.96. The molecule has 0 bridgehead atoms. The number of nitrogens with zero attached hydrogens (tertiary/aromatic N) is 4. The van der Waals surface area contributed by atoms with Crippen molar-refractivity contribution in [2.45, 2.75) is 6.04 Å². The quantitative estimate of drug-likeness (QED) is 0.809. The number of hydrogen-bond donors (Lipinski definition) is 1. The van der Waals surface area contributed by atoms with Crippen LogP contribution in [0.25, 0.3) is 0 Å². The Labute approximate surface area is 90.5 Å². The van der Waals surface area contributed by atoms with Crippen LogP contribution >= 0.6 is 11.7 Å². The van der Waals surface area contributed by atoms with Gasteiger partial charge in [-0.15, -0.1) is 0 Å².